The third-order valence-electron chi connectivity index (χ3n) is 2.84. The van der Waals surface area contributed by atoms with Crippen molar-refractivity contribution in [2.75, 3.05) is 0 Å². The minimum absolute atomic E-state index is 0.139. The van der Waals surface area contributed by atoms with Crippen LogP contribution in [0.15, 0.2) is 18.3 Å². The molecule has 0 N–H and O–H groups in total. The second kappa shape index (κ2) is 6.53. The SMILES string of the molecule is CC.CC.Cc1c(F)ccc2cnn(C3CC3)c12. The van der Waals surface area contributed by atoms with Gasteiger partial charge in [-0.15, -0.1) is 0 Å². The number of hydrogen-bond donors (Lipinski definition) is 0. The van der Waals surface area contributed by atoms with Crippen LogP contribution in [0, 0.1) is 12.7 Å². The summed E-state index contributed by atoms with van der Waals surface area (Å²) in [5, 5.41) is 5.35. The normalized spacial score (nSPS) is 13.4. The molecular formula is C15H23FN2. The highest BCUT2D eigenvalue weighted by atomic mass is 19.1. The van der Waals surface area contributed by atoms with Gasteiger partial charge in [0, 0.05) is 10.9 Å². The fourth-order valence-corrected chi connectivity index (χ4v) is 1.88. The van der Waals surface area contributed by atoms with Gasteiger partial charge in [0.2, 0.25) is 0 Å². The smallest absolute Gasteiger partial charge is 0.128 e. The largest absolute Gasteiger partial charge is 0.261 e. The van der Waals surface area contributed by atoms with Gasteiger partial charge in [0.25, 0.3) is 0 Å². The topological polar surface area (TPSA) is 17.8 Å². The van der Waals surface area contributed by atoms with Gasteiger partial charge in [-0.25, -0.2) is 4.39 Å². The Balaban J connectivity index is 0.000000371. The molecule has 2 aromatic rings. The van der Waals surface area contributed by atoms with Gasteiger partial charge in [-0.3, -0.25) is 4.68 Å². The molecule has 0 atom stereocenters. The molecule has 1 heterocycles. The third kappa shape index (κ3) is 2.71. The number of benzene rings is 1. The highest BCUT2D eigenvalue weighted by Gasteiger charge is 2.26. The number of nitrogens with zero attached hydrogens (tertiary/aromatic N) is 2. The van der Waals surface area contributed by atoms with E-state index in [9.17, 15) is 4.39 Å². The molecule has 1 aliphatic carbocycles. The van der Waals surface area contributed by atoms with E-state index in [0.29, 0.717) is 11.6 Å². The van der Waals surface area contributed by atoms with Crippen LogP contribution < -0.4 is 0 Å². The molecule has 0 amide bonds. The van der Waals surface area contributed by atoms with Gasteiger partial charge in [0.15, 0.2) is 0 Å². The van der Waals surface area contributed by atoms with E-state index < -0.39 is 0 Å². The zero-order valence-corrected chi connectivity index (χ0v) is 12.0. The molecule has 100 valence electrons. The molecule has 1 saturated carbocycles. The summed E-state index contributed by atoms with van der Waals surface area (Å²) in [5.74, 6) is -0.139. The van der Waals surface area contributed by atoms with Gasteiger partial charge in [0.1, 0.15) is 5.82 Å². The van der Waals surface area contributed by atoms with Crippen LogP contribution in [0.25, 0.3) is 10.9 Å². The van der Waals surface area contributed by atoms with Crippen molar-refractivity contribution in [2.45, 2.75) is 53.5 Å². The first kappa shape index (κ1) is 14.7. The molecule has 0 spiro atoms. The van der Waals surface area contributed by atoms with Crippen LogP contribution in [0.5, 0.6) is 0 Å². The predicted octanol–water partition coefficient (Wildman–Crippen LogP) is 4.87. The number of hydrogen-bond acceptors (Lipinski definition) is 1. The molecule has 3 heteroatoms. The summed E-state index contributed by atoms with van der Waals surface area (Å²) in [4.78, 5) is 0. The number of fused-ring (bicyclic) bond motifs is 1. The second-order valence-electron chi connectivity index (χ2n) is 3.93. The zero-order chi connectivity index (χ0) is 13.7. The minimum atomic E-state index is -0.139. The first-order valence-electron chi connectivity index (χ1n) is 6.89. The molecule has 0 unspecified atom stereocenters. The molecule has 1 fully saturated rings. The number of halogens is 1. The summed E-state index contributed by atoms with van der Waals surface area (Å²) < 4.78 is 15.3. The van der Waals surface area contributed by atoms with Crippen LogP contribution in [-0.4, -0.2) is 9.78 Å². The number of aryl methyl sites for hydroxylation is 1. The van der Waals surface area contributed by atoms with E-state index in [2.05, 4.69) is 5.10 Å². The molecule has 0 aliphatic heterocycles. The van der Waals surface area contributed by atoms with E-state index >= 15 is 0 Å². The summed E-state index contributed by atoms with van der Waals surface area (Å²) in [6, 6.07) is 3.81. The van der Waals surface area contributed by atoms with Crippen molar-refractivity contribution in [2.24, 2.45) is 0 Å². The van der Waals surface area contributed by atoms with Crippen LogP contribution in [-0.2, 0) is 0 Å². The van der Waals surface area contributed by atoms with Crippen molar-refractivity contribution in [3.05, 3.63) is 29.7 Å². The average Bonchev–Trinajstić information content (AvgIpc) is 3.19. The summed E-state index contributed by atoms with van der Waals surface area (Å²) in [7, 11) is 0. The van der Waals surface area contributed by atoms with E-state index in [4.69, 9.17) is 0 Å². The number of rotatable bonds is 1. The second-order valence-corrected chi connectivity index (χ2v) is 3.93. The third-order valence-corrected chi connectivity index (χ3v) is 2.84. The van der Waals surface area contributed by atoms with E-state index in [1.165, 1.54) is 18.9 Å². The highest BCUT2D eigenvalue weighted by Crippen LogP contribution is 2.37. The van der Waals surface area contributed by atoms with Crippen molar-refractivity contribution in [1.29, 1.82) is 0 Å². The Hall–Kier alpha value is -1.38. The molecule has 18 heavy (non-hydrogen) atoms. The molecule has 3 rings (SSSR count). The fraction of sp³-hybridized carbons (Fsp3) is 0.533. The summed E-state index contributed by atoms with van der Waals surface area (Å²) in [6.45, 7) is 9.82. The standard InChI is InChI=1S/C11H11FN2.2C2H6/c1-7-10(12)5-2-8-6-13-14(11(7)8)9-3-4-9;2*1-2/h2,5-6,9H,3-4H2,1H3;2*1-2H3. The van der Waals surface area contributed by atoms with Crippen LogP contribution in [0.4, 0.5) is 4.39 Å². The fourth-order valence-electron chi connectivity index (χ4n) is 1.88. The lowest BCUT2D eigenvalue weighted by atomic mass is 10.1. The Labute approximate surface area is 109 Å². The monoisotopic (exact) mass is 250 g/mol. The van der Waals surface area contributed by atoms with E-state index in [1.54, 1.807) is 6.07 Å². The van der Waals surface area contributed by atoms with Crippen molar-refractivity contribution in [3.8, 4) is 0 Å². The van der Waals surface area contributed by atoms with Gasteiger partial charge < -0.3 is 0 Å². The van der Waals surface area contributed by atoms with E-state index in [-0.39, 0.29) is 5.82 Å². The van der Waals surface area contributed by atoms with Crippen LogP contribution in [0.3, 0.4) is 0 Å². The molecule has 1 aromatic carbocycles. The van der Waals surface area contributed by atoms with Gasteiger partial charge in [0.05, 0.1) is 17.8 Å². The Kier molecular flexibility index (Phi) is 5.32. The lowest BCUT2D eigenvalue weighted by Gasteiger charge is -2.03. The summed E-state index contributed by atoms with van der Waals surface area (Å²) >= 11 is 0. The Morgan fingerprint density at radius 2 is 1.78 bits per heavy atom. The molecule has 1 aromatic heterocycles. The molecule has 0 radical (unpaired) electrons. The Morgan fingerprint density at radius 1 is 1.17 bits per heavy atom. The van der Waals surface area contributed by atoms with Crippen molar-refractivity contribution < 1.29 is 4.39 Å². The maximum absolute atomic E-state index is 13.3. The molecule has 2 nitrogen and oxygen atoms in total. The maximum Gasteiger partial charge on any atom is 0.128 e. The first-order chi connectivity index (χ1) is 8.77. The van der Waals surface area contributed by atoms with Crippen molar-refractivity contribution in [1.82, 2.24) is 9.78 Å². The summed E-state index contributed by atoms with van der Waals surface area (Å²) in [5.41, 5.74) is 1.68. The Bertz CT molecular complexity index is 498. The lowest BCUT2D eigenvalue weighted by molar-refractivity contribution is 0.614. The minimum Gasteiger partial charge on any atom is -0.261 e. The van der Waals surface area contributed by atoms with Crippen LogP contribution in [0.1, 0.15) is 52.1 Å². The zero-order valence-electron chi connectivity index (χ0n) is 12.0. The Morgan fingerprint density at radius 3 is 2.33 bits per heavy atom. The van der Waals surface area contributed by atoms with Gasteiger partial charge >= 0.3 is 0 Å². The summed E-state index contributed by atoms with van der Waals surface area (Å²) in [6.07, 6.45) is 4.17. The predicted molar refractivity (Wildman–Crippen MR) is 75.4 cm³/mol. The average molecular weight is 250 g/mol. The van der Waals surface area contributed by atoms with Gasteiger partial charge in [-0.05, 0) is 31.9 Å². The van der Waals surface area contributed by atoms with E-state index in [0.717, 1.165) is 10.9 Å². The maximum atomic E-state index is 13.3. The van der Waals surface area contributed by atoms with Crippen LogP contribution >= 0.6 is 0 Å². The number of aromatic nitrogens is 2. The first-order valence-corrected chi connectivity index (χ1v) is 6.89. The molecular weight excluding hydrogens is 227 g/mol. The van der Waals surface area contributed by atoms with Gasteiger partial charge in [-0.2, -0.15) is 5.10 Å². The molecule has 1 aliphatic rings. The quantitative estimate of drug-likeness (QED) is 0.706. The molecule has 0 bridgehead atoms. The van der Waals surface area contributed by atoms with Crippen molar-refractivity contribution >= 4 is 10.9 Å². The van der Waals surface area contributed by atoms with Crippen molar-refractivity contribution in [3.63, 3.8) is 0 Å². The highest BCUT2D eigenvalue weighted by molar-refractivity contribution is 5.82. The molecule has 0 saturated heterocycles. The van der Waals surface area contributed by atoms with Gasteiger partial charge in [-0.1, -0.05) is 27.7 Å². The van der Waals surface area contributed by atoms with Crippen LogP contribution in [0.2, 0.25) is 0 Å². The lowest BCUT2D eigenvalue weighted by Crippen LogP contribution is -1.97. The van der Waals surface area contributed by atoms with E-state index in [1.807, 2.05) is 45.5 Å².